The molecule has 0 amide bonds. The lowest BCUT2D eigenvalue weighted by atomic mass is 10.2. The molecule has 0 spiro atoms. The minimum Gasteiger partial charge on any atom is -0.339 e. The Bertz CT molecular complexity index is 649. The van der Waals surface area contributed by atoms with Gasteiger partial charge in [0.25, 0.3) is 0 Å². The van der Waals surface area contributed by atoms with Crippen LogP contribution < -0.4 is 5.32 Å². The molecule has 1 aromatic carbocycles. The number of aromatic nitrogens is 2. The predicted octanol–water partition coefficient (Wildman–Crippen LogP) is 4.41. The van der Waals surface area contributed by atoms with Crippen LogP contribution in [0.3, 0.4) is 0 Å². The lowest BCUT2D eigenvalue weighted by Gasteiger charge is -2.11. The van der Waals surface area contributed by atoms with Crippen molar-refractivity contribution in [2.24, 2.45) is 0 Å². The van der Waals surface area contributed by atoms with Gasteiger partial charge in [-0.1, -0.05) is 23.2 Å². The second-order valence-electron chi connectivity index (χ2n) is 3.75. The first kappa shape index (κ1) is 14.2. The van der Waals surface area contributed by atoms with Crippen molar-refractivity contribution in [2.45, 2.75) is 6.92 Å². The Balaban J connectivity index is 2.45. The number of aryl methyl sites for hydroxylation is 1. The van der Waals surface area contributed by atoms with Gasteiger partial charge < -0.3 is 5.32 Å². The molecular formula is C12H8BrCl2N3O. The summed E-state index contributed by atoms with van der Waals surface area (Å²) in [5, 5.41) is 3.71. The summed E-state index contributed by atoms with van der Waals surface area (Å²) in [6, 6.07) is 3.61. The highest BCUT2D eigenvalue weighted by molar-refractivity contribution is 9.10. The number of hydrogen-bond acceptors (Lipinski definition) is 4. The SMILES string of the molecule is Cc1cc(Br)c(Nc2ncnc(Cl)c2C=O)cc1Cl. The van der Waals surface area contributed by atoms with Crippen LogP contribution in [0.2, 0.25) is 10.2 Å². The second-order valence-corrected chi connectivity index (χ2v) is 5.37. The molecule has 0 bridgehead atoms. The third kappa shape index (κ3) is 3.05. The van der Waals surface area contributed by atoms with Crippen LogP contribution in [-0.4, -0.2) is 16.3 Å². The molecule has 0 radical (unpaired) electrons. The number of carbonyl (C=O) groups excluding carboxylic acids is 1. The van der Waals surface area contributed by atoms with Crippen LogP contribution >= 0.6 is 39.1 Å². The third-order valence-electron chi connectivity index (χ3n) is 2.45. The standard InChI is InChI=1S/C12H8BrCl2N3O/c1-6-2-8(13)10(3-9(6)14)18-12-7(4-19)11(15)16-5-17-12/h2-5H,1H3,(H,16,17,18). The number of benzene rings is 1. The highest BCUT2D eigenvalue weighted by Crippen LogP contribution is 2.32. The first-order valence-electron chi connectivity index (χ1n) is 5.21. The fourth-order valence-electron chi connectivity index (χ4n) is 1.45. The molecule has 98 valence electrons. The molecule has 0 aliphatic rings. The zero-order chi connectivity index (χ0) is 14.0. The van der Waals surface area contributed by atoms with Crippen molar-refractivity contribution in [1.82, 2.24) is 9.97 Å². The van der Waals surface area contributed by atoms with Crippen molar-refractivity contribution in [3.8, 4) is 0 Å². The topological polar surface area (TPSA) is 54.9 Å². The lowest BCUT2D eigenvalue weighted by molar-refractivity contribution is 0.112. The van der Waals surface area contributed by atoms with E-state index in [0.717, 1.165) is 10.0 Å². The maximum absolute atomic E-state index is 11.0. The van der Waals surface area contributed by atoms with Gasteiger partial charge in [-0.15, -0.1) is 0 Å². The van der Waals surface area contributed by atoms with Crippen LogP contribution in [0.5, 0.6) is 0 Å². The van der Waals surface area contributed by atoms with E-state index in [0.29, 0.717) is 22.8 Å². The van der Waals surface area contributed by atoms with Crippen molar-refractivity contribution < 1.29 is 4.79 Å². The van der Waals surface area contributed by atoms with Crippen molar-refractivity contribution in [3.05, 3.63) is 44.2 Å². The fraction of sp³-hybridized carbons (Fsp3) is 0.0833. The van der Waals surface area contributed by atoms with E-state index in [1.54, 1.807) is 6.07 Å². The van der Waals surface area contributed by atoms with Crippen molar-refractivity contribution in [3.63, 3.8) is 0 Å². The lowest BCUT2D eigenvalue weighted by Crippen LogP contribution is -2.01. The summed E-state index contributed by atoms with van der Waals surface area (Å²) in [5.41, 5.74) is 1.83. The minimum atomic E-state index is 0.0989. The van der Waals surface area contributed by atoms with Crippen molar-refractivity contribution >= 4 is 56.9 Å². The summed E-state index contributed by atoms with van der Waals surface area (Å²) in [6.45, 7) is 1.90. The molecule has 0 aliphatic heterocycles. The molecule has 0 unspecified atom stereocenters. The molecule has 1 aromatic heterocycles. The molecule has 7 heteroatoms. The minimum absolute atomic E-state index is 0.0989. The van der Waals surface area contributed by atoms with Gasteiger partial charge in [0.15, 0.2) is 6.29 Å². The van der Waals surface area contributed by atoms with Gasteiger partial charge in [-0.2, -0.15) is 0 Å². The zero-order valence-corrected chi connectivity index (χ0v) is 12.8. The summed E-state index contributed by atoms with van der Waals surface area (Å²) < 4.78 is 0.806. The maximum atomic E-state index is 11.0. The number of carbonyl (C=O) groups is 1. The van der Waals surface area contributed by atoms with E-state index >= 15 is 0 Å². The summed E-state index contributed by atoms with van der Waals surface area (Å²) in [5.74, 6) is 0.329. The van der Waals surface area contributed by atoms with Gasteiger partial charge in [0.2, 0.25) is 0 Å². The van der Waals surface area contributed by atoms with E-state index in [9.17, 15) is 4.79 Å². The maximum Gasteiger partial charge on any atom is 0.156 e. The molecule has 0 fully saturated rings. The van der Waals surface area contributed by atoms with E-state index in [4.69, 9.17) is 23.2 Å². The quantitative estimate of drug-likeness (QED) is 0.650. The number of aldehydes is 1. The average molecular weight is 361 g/mol. The monoisotopic (exact) mass is 359 g/mol. The van der Waals surface area contributed by atoms with E-state index in [1.807, 2.05) is 13.0 Å². The van der Waals surface area contributed by atoms with Crippen LogP contribution in [0, 0.1) is 6.92 Å². The highest BCUT2D eigenvalue weighted by Gasteiger charge is 2.11. The van der Waals surface area contributed by atoms with Gasteiger partial charge >= 0.3 is 0 Å². The molecule has 1 N–H and O–H groups in total. The van der Waals surface area contributed by atoms with Gasteiger partial charge in [-0.25, -0.2) is 9.97 Å². The van der Waals surface area contributed by atoms with Crippen molar-refractivity contribution in [2.75, 3.05) is 5.32 Å². The highest BCUT2D eigenvalue weighted by atomic mass is 79.9. The van der Waals surface area contributed by atoms with E-state index in [1.165, 1.54) is 6.33 Å². The zero-order valence-electron chi connectivity index (χ0n) is 9.75. The Labute approximate surface area is 128 Å². The molecule has 2 aromatic rings. The molecule has 0 saturated carbocycles. The predicted molar refractivity (Wildman–Crippen MR) is 79.6 cm³/mol. The molecule has 0 aliphatic carbocycles. The van der Waals surface area contributed by atoms with Gasteiger partial charge in [-0.05, 0) is 40.5 Å². The average Bonchev–Trinajstić information content (AvgIpc) is 2.36. The fourth-order valence-corrected chi connectivity index (χ4v) is 2.35. The Morgan fingerprint density at radius 2 is 2.05 bits per heavy atom. The summed E-state index contributed by atoms with van der Waals surface area (Å²) in [4.78, 5) is 18.8. The summed E-state index contributed by atoms with van der Waals surface area (Å²) in [7, 11) is 0. The number of anilines is 2. The normalized spacial score (nSPS) is 10.3. The first-order chi connectivity index (χ1) is 9.02. The number of halogens is 3. The van der Waals surface area contributed by atoms with E-state index in [-0.39, 0.29) is 10.7 Å². The molecule has 0 saturated heterocycles. The summed E-state index contributed by atoms with van der Waals surface area (Å²) in [6.07, 6.45) is 1.88. The smallest absolute Gasteiger partial charge is 0.156 e. The number of nitrogens with one attached hydrogen (secondary N) is 1. The number of nitrogens with zero attached hydrogens (tertiary/aromatic N) is 2. The van der Waals surface area contributed by atoms with E-state index < -0.39 is 0 Å². The first-order valence-corrected chi connectivity index (χ1v) is 6.76. The van der Waals surface area contributed by atoms with Crippen LogP contribution in [0.4, 0.5) is 11.5 Å². The molecule has 1 heterocycles. The van der Waals surface area contributed by atoms with Gasteiger partial charge in [-0.3, -0.25) is 4.79 Å². The second kappa shape index (κ2) is 5.86. The number of hydrogen-bond donors (Lipinski definition) is 1. The molecule has 2 rings (SSSR count). The molecular weight excluding hydrogens is 353 g/mol. The Hall–Kier alpha value is -1.17. The van der Waals surface area contributed by atoms with Crippen LogP contribution in [0.25, 0.3) is 0 Å². The number of rotatable bonds is 3. The molecule has 4 nitrogen and oxygen atoms in total. The Morgan fingerprint density at radius 1 is 1.32 bits per heavy atom. The van der Waals surface area contributed by atoms with Gasteiger partial charge in [0.05, 0.1) is 11.3 Å². The van der Waals surface area contributed by atoms with Gasteiger partial charge in [0.1, 0.15) is 17.3 Å². The Kier molecular flexibility index (Phi) is 4.39. The van der Waals surface area contributed by atoms with Crippen LogP contribution in [0.1, 0.15) is 15.9 Å². The van der Waals surface area contributed by atoms with Crippen molar-refractivity contribution in [1.29, 1.82) is 0 Å². The Morgan fingerprint density at radius 3 is 2.74 bits per heavy atom. The van der Waals surface area contributed by atoms with Gasteiger partial charge in [0, 0.05) is 9.50 Å². The van der Waals surface area contributed by atoms with Crippen LogP contribution in [0.15, 0.2) is 22.9 Å². The largest absolute Gasteiger partial charge is 0.339 e. The summed E-state index contributed by atoms with van der Waals surface area (Å²) >= 11 is 15.3. The third-order valence-corrected chi connectivity index (χ3v) is 3.82. The molecule has 0 atom stereocenters. The molecule has 19 heavy (non-hydrogen) atoms. The van der Waals surface area contributed by atoms with Crippen LogP contribution in [-0.2, 0) is 0 Å². The van der Waals surface area contributed by atoms with E-state index in [2.05, 4.69) is 31.2 Å².